The maximum atomic E-state index is 14.2. The first-order valence-corrected chi connectivity index (χ1v) is 7.27. The predicted octanol–water partition coefficient (Wildman–Crippen LogP) is 4.03. The molecule has 0 saturated carbocycles. The predicted molar refractivity (Wildman–Crippen MR) is 85.5 cm³/mol. The highest BCUT2D eigenvalue weighted by atomic mass is 79.9. The number of benzene rings is 2. The molecule has 106 valence electrons. The number of nitrogens with two attached hydrogens (primary N) is 1. The van der Waals surface area contributed by atoms with E-state index in [1.165, 1.54) is 6.07 Å². The first-order valence-electron chi connectivity index (χ1n) is 6.48. The van der Waals surface area contributed by atoms with Gasteiger partial charge in [-0.3, -0.25) is 0 Å². The van der Waals surface area contributed by atoms with Gasteiger partial charge in [-0.2, -0.15) is 0 Å². The van der Waals surface area contributed by atoms with Gasteiger partial charge in [0.2, 0.25) is 0 Å². The van der Waals surface area contributed by atoms with Crippen LogP contribution in [0, 0.1) is 12.7 Å². The van der Waals surface area contributed by atoms with Crippen molar-refractivity contribution in [2.24, 2.45) is 5.73 Å². The molecule has 0 aromatic heterocycles. The molecule has 0 bridgehead atoms. The summed E-state index contributed by atoms with van der Waals surface area (Å²) in [7, 11) is 1.95. The largest absolute Gasteiger partial charge is 0.366 e. The molecule has 0 radical (unpaired) electrons. The molecule has 2 rings (SSSR count). The molecule has 4 heteroatoms. The number of rotatable bonds is 4. The van der Waals surface area contributed by atoms with E-state index in [-0.39, 0.29) is 11.9 Å². The van der Waals surface area contributed by atoms with Crippen molar-refractivity contribution in [1.29, 1.82) is 0 Å². The van der Waals surface area contributed by atoms with E-state index in [2.05, 4.69) is 15.9 Å². The van der Waals surface area contributed by atoms with E-state index in [4.69, 9.17) is 5.73 Å². The van der Waals surface area contributed by atoms with E-state index < -0.39 is 0 Å². The van der Waals surface area contributed by atoms with Crippen molar-refractivity contribution in [3.8, 4) is 0 Å². The zero-order valence-corrected chi connectivity index (χ0v) is 13.2. The number of aryl methyl sites for hydroxylation is 1. The highest BCUT2D eigenvalue weighted by Crippen LogP contribution is 2.29. The summed E-state index contributed by atoms with van der Waals surface area (Å²) < 4.78 is 14.9. The topological polar surface area (TPSA) is 29.3 Å². The van der Waals surface area contributed by atoms with Gasteiger partial charge in [0.1, 0.15) is 5.82 Å². The number of hydrogen-bond donors (Lipinski definition) is 1. The number of likely N-dealkylation sites (N-methyl/N-ethyl adjacent to an activating group) is 1. The van der Waals surface area contributed by atoms with Gasteiger partial charge >= 0.3 is 0 Å². The van der Waals surface area contributed by atoms with Crippen molar-refractivity contribution in [2.75, 3.05) is 18.5 Å². The molecule has 0 aliphatic carbocycles. The Balaban J connectivity index is 2.39. The number of halogens is 2. The number of anilines is 1. The highest BCUT2D eigenvalue weighted by molar-refractivity contribution is 9.10. The molecule has 1 atom stereocenters. The molecular formula is C16H18BrFN2. The molecule has 0 aliphatic rings. The van der Waals surface area contributed by atoms with Crippen LogP contribution in [0.3, 0.4) is 0 Å². The van der Waals surface area contributed by atoms with E-state index in [1.54, 1.807) is 6.07 Å². The smallest absolute Gasteiger partial charge is 0.129 e. The SMILES string of the molecule is Cc1ccccc1N(C)C(CN)c1ccc(Br)cc1F. The summed E-state index contributed by atoms with van der Waals surface area (Å²) in [6.07, 6.45) is 0. The fourth-order valence-corrected chi connectivity index (χ4v) is 2.73. The lowest BCUT2D eigenvalue weighted by molar-refractivity contribution is 0.572. The van der Waals surface area contributed by atoms with Crippen LogP contribution in [0.25, 0.3) is 0 Å². The second-order valence-corrected chi connectivity index (χ2v) is 5.73. The summed E-state index contributed by atoms with van der Waals surface area (Å²) in [4.78, 5) is 2.03. The third-order valence-electron chi connectivity index (χ3n) is 3.51. The lowest BCUT2D eigenvalue weighted by Gasteiger charge is -2.31. The van der Waals surface area contributed by atoms with Crippen LogP contribution in [0.2, 0.25) is 0 Å². The van der Waals surface area contributed by atoms with Crippen LogP contribution < -0.4 is 10.6 Å². The third kappa shape index (κ3) is 3.02. The fourth-order valence-electron chi connectivity index (χ4n) is 2.39. The van der Waals surface area contributed by atoms with Crippen LogP contribution in [-0.2, 0) is 0 Å². The lowest BCUT2D eigenvalue weighted by Crippen LogP contribution is -2.31. The van der Waals surface area contributed by atoms with E-state index in [1.807, 2.05) is 49.2 Å². The zero-order valence-electron chi connectivity index (χ0n) is 11.6. The van der Waals surface area contributed by atoms with Gasteiger partial charge in [0.15, 0.2) is 0 Å². The first-order chi connectivity index (χ1) is 9.54. The highest BCUT2D eigenvalue weighted by Gasteiger charge is 2.20. The summed E-state index contributed by atoms with van der Waals surface area (Å²) >= 11 is 3.28. The van der Waals surface area contributed by atoms with E-state index in [9.17, 15) is 4.39 Å². The van der Waals surface area contributed by atoms with Crippen LogP contribution in [0.15, 0.2) is 46.9 Å². The third-order valence-corrected chi connectivity index (χ3v) is 4.00. The summed E-state index contributed by atoms with van der Waals surface area (Å²) in [6, 6.07) is 12.9. The summed E-state index contributed by atoms with van der Waals surface area (Å²) in [6.45, 7) is 2.39. The second-order valence-electron chi connectivity index (χ2n) is 4.81. The standard InChI is InChI=1S/C16H18BrFN2/c1-11-5-3-4-6-15(11)20(2)16(10-19)13-8-7-12(17)9-14(13)18/h3-9,16H,10,19H2,1-2H3. The minimum absolute atomic E-state index is 0.191. The van der Waals surface area contributed by atoms with Gasteiger partial charge < -0.3 is 10.6 Å². The van der Waals surface area contributed by atoms with Gasteiger partial charge in [0, 0.05) is 29.3 Å². The van der Waals surface area contributed by atoms with Gasteiger partial charge in [-0.1, -0.05) is 40.2 Å². The Morgan fingerprint density at radius 3 is 2.55 bits per heavy atom. The van der Waals surface area contributed by atoms with Crippen molar-refractivity contribution < 1.29 is 4.39 Å². The Labute approximate surface area is 127 Å². The molecule has 2 N–H and O–H groups in total. The van der Waals surface area contributed by atoms with Crippen molar-refractivity contribution in [3.63, 3.8) is 0 Å². The van der Waals surface area contributed by atoms with Crippen LogP contribution in [0.5, 0.6) is 0 Å². The Morgan fingerprint density at radius 2 is 1.95 bits per heavy atom. The van der Waals surface area contributed by atoms with Gasteiger partial charge in [0.25, 0.3) is 0 Å². The molecule has 0 fully saturated rings. The van der Waals surface area contributed by atoms with Gasteiger partial charge in [-0.05, 0) is 30.7 Å². The Kier molecular flexibility index (Phi) is 4.78. The average Bonchev–Trinajstić information content (AvgIpc) is 2.42. The molecular weight excluding hydrogens is 319 g/mol. The molecule has 0 saturated heterocycles. The van der Waals surface area contributed by atoms with Crippen LogP contribution >= 0.6 is 15.9 Å². The zero-order chi connectivity index (χ0) is 14.7. The average molecular weight is 337 g/mol. The van der Waals surface area contributed by atoms with Crippen LogP contribution in [-0.4, -0.2) is 13.6 Å². The normalized spacial score (nSPS) is 12.2. The summed E-state index contributed by atoms with van der Waals surface area (Å²) in [5, 5.41) is 0. The quantitative estimate of drug-likeness (QED) is 0.913. The van der Waals surface area contributed by atoms with Crippen molar-refractivity contribution in [2.45, 2.75) is 13.0 Å². The first kappa shape index (κ1) is 15.0. The summed E-state index contributed by atoms with van der Waals surface area (Å²) in [5.74, 6) is -0.241. The van der Waals surface area contributed by atoms with Gasteiger partial charge in [-0.15, -0.1) is 0 Å². The van der Waals surface area contributed by atoms with Crippen molar-refractivity contribution >= 4 is 21.6 Å². The van der Waals surface area contributed by atoms with Crippen molar-refractivity contribution in [3.05, 3.63) is 63.9 Å². The minimum Gasteiger partial charge on any atom is -0.366 e. The Hall–Kier alpha value is -1.39. The molecule has 0 aliphatic heterocycles. The second kappa shape index (κ2) is 6.37. The molecule has 0 heterocycles. The van der Waals surface area contributed by atoms with Gasteiger partial charge in [-0.25, -0.2) is 4.39 Å². The molecule has 2 nitrogen and oxygen atoms in total. The Bertz CT molecular complexity index is 601. The fraction of sp³-hybridized carbons (Fsp3) is 0.250. The van der Waals surface area contributed by atoms with Crippen molar-refractivity contribution in [1.82, 2.24) is 0 Å². The molecule has 0 spiro atoms. The van der Waals surface area contributed by atoms with E-state index >= 15 is 0 Å². The number of nitrogens with zero attached hydrogens (tertiary/aromatic N) is 1. The maximum Gasteiger partial charge on any atom is 0.129 e. The van der Waals surface area contributed by atoms with E-state index in [0.29, 0.717) is 12.1 Å². The molecule has 20 heavy (non-hydrogen) atoms. The molecule has 1 unspecified atom stereocenters. The summed E-state index contributed by atoms with van der Waals surface area (Å²) in [5.41, 5.74) is 8.70. The maximum absolute atomic E-state index is 14.2. The van der Waals surface area contributed by atoms with E-state index in [0.717, 1.165) is 15.7 Å². The van der Waals surface area contributed by atoms with Gasteiger partial charge in [0.05, 0.1) is 6.04 Å². The number of hydrogen-bond acceptors (Lipinski definition) is 2. The monoisotopic (exact) mass is 336 g/mol. The number of para-hydroxylation sites is 1. The Morgan fingerprint density at radius 1 is 1.25 bits per heavy atom. The minimum atomic E-state index is -0.241. The lowest BCUT2D eigenvalue weighted by atomic mass is 10.0. The molecule has 0 amide bonds. The van der Waals surface area contributed by atoms with Crippen LogP contribution in [0.4, 0.5) is 10.1 Å². The molecule has 2 aromatic rings. The molecule has 2 aromatic carbocycles. The van der Waals surface area contributed by atoms with Crippen LogP contribution in [0.1, 0.15) is 17.2 Å².